The van der Waals surface area contributed by atoms with Crippen LogP contribution in [0.1, 0.15) is 16.7 Å². The van der Waals surface area contributed by atoms with Gasteiger partial charge in [0.2, 0.25) is 0 Å². The summed E-state index contributed by atoms with van der Waals surface area (Å²) in [5.41, 5.74) is 2.80. The second-order valence-electron chi connectivity index (χ2n) is 6.26. The minimum absolute atomic E-state index is 0.146. The second kappa shape index (κ2) is 6.09. The van der Waals surface area contributed by atoms with Gasteiger partial charge in [-0.1, -0.05) is 60.1 Å². The zero-order valence-corrected chi connectivity index (χ0v) is 15.3. The molecule has 0 amide bonds. The van der Waals surface area contributed by atoms with Crippen molar-refractivity contribution in [2.45, 2.75) is 11.8 Å². The third-order valence-corrected chi connectivity index (χ3v) is 6.11. The Morgan fingerprint density at radius 1 is 1.04 bits per heavy atom. The van der Waals surface area contributed by atoms with Gasteiger partial charge in [-0.3, -0.25) is 0 Å². The molecule has 5 rings (SSSR count). The number of hydrogen-bond donors (Lipinski definition) is 0. The second-order valence-corrected chi connectivity index (χ2v) is 7.58. The van der Waals surface area contributed by atoms with Crippen LogP contribution in [0.15, 0.2) is 84.8 Å². The fourth-order valence-electron chi connectivity index (χ4n) is 3.41. The number of hydrogen-bond acceptors (Lipinski definition) is 3. The fourth-order valence-corrected chi connectivity index (χ4v) is 4.77. The maximum Gasteiger partial charge on any atom is 0.176 e. The molecule has 2 unspecified atom stereocenters. The molecular formula is C21H15ClN2OS. The van der Waals surface area contributed by atoms with Crippen molar-refractivity contribution >= 4 is 22.9 Å². The number of imidazole rings is 1. The molecule has 1 saturated heterocycles. The molecule has 1 aliphatic heterocycles. The molecule has 0 N–H and O–H groups in total. The number of nitrogens with zero attached hydrogens (tertiary/aromatic N) is 2. The van der Waals surface area contributed by atoms with E-state index < -0.39 is 5.60 Å². The fraction of sp³-hybridized carbons (Fsp3) is 0.0952. The quantitative estimate of drug-likeness (QED) is 0.424. The third kappa shape index (κ3) is 2.42. The van der Waals surface area contributed by atoms with E-state index in [1.54, 1.807) is 23.9 Å². The Labute approximate surface area is 160 Å². The van der Waals surface area contributed by atoms with Gasteiger partial charge in [0.15, 0.2) is 11.8 Å². The van der Waals surface area contributed by atoms with Gasteiger partial charge in [-0.05, 0) is 28.6 Å². The Morgan fingerprint density at radius 2 is 1.85 bits per heavy atom. The number of rotatable bonds is 4. The van der Waals surface area contributed by atoms with Crippen LogP contribution in [-0.2, 0) is 10.3 Å². The minimum Gasteiger partial charge on any atom is -0.332 e. The van der Waals surface area contributed by atoms with E-state index >= 15 is 0 Å². The summed E-state index contributed by atoms with van der Waals surface area (Å²) in [5.74, 6) is 0. The van der Waals surface area contributed by atoms with Crippen LogP contribution < -0.4 is 0 Å². The lowest BCUT2D eigenvalue weighted by Crippen LogP contribution is -2.13. The Morgan fingerprint density at radius 3 is 2.62 bits per heavy atom. The third-order valence-electron chi connectivity index (χ3n) is 4.73. The van der Waals surface area contributed by atoms with Gasteiger partial charge in [0.05, 0.1) is 6.33 Å². The largest absolute Gasteiger partial charge is 0.332 e. The van der Waals surface area contributed by atoms with Gasteiger partial charge in [-0.15, -0.1) is 11.3 Å². The van der Waals surface area contributed by atoms with Crippen LogP contribution in [0.4, 0.5) is 0 Å². The van der Waals surface area contributed by atoms with Crippen molar-refractivity contribution in [3.05, 3.63) is 100 Å². The predicted octanol–water partition coefficient (Wildman–Crippen LogP) is 5.74. The lowest BCUT2D eigenvalue weighted by Gasteiger charge is -2.14. The van der Waals surface area contributed by atoms with Crippen LogP contribution in [-0.4, -0.2) is 9.55 Å². The van der Waals surface area contributed by atoms with Crippen molar-refractivity contribution in [2.75, 3.05) is 0 Å². The van der Waals surface area contributed by atoms with Crippen LogP contribution in [0.2, 0.25) is 5.02 Å². The highest BCUT2D eigenvalue weighted by Gasteiger charge is 2.62. The van der Waals surface area contributed by atoms with Gasteiger partial charge in [0.1, 0.15) is 0 Å². The summed E-state index contributed by atoms with van der Waals surface area (Å²) in [6.07, 6.45) is 5.33. The van der Waals surface area contributed by atoms with E-state index in [1.807, 2.05) is 41.1 Å². The molecule has 1 aliphatic rings. The Bertz CT molecular complexity index is 1040. The molecule has 3 nitrogen and oxygen atoms in total. The topological polar surface area (TPSA) is 30.4 Å². The van der Waals surface area contributed by atoms with Crippen LogP contribution in [0.5, 0.6) is 0 Å². The molecular weight excluding hydrogens is 364 g/mol. The van der Waals surface area contributed by atoms with Crippen LogP contribution in [0, 0.1) is 0 Å². The molecule has 4 aromatic rings. The number of epoxide rings is 1. The summed E-state index contributed by atoms with van der Waals surface area (Å²) < 4.78 is 8.29. The van der Waals surface area contributed by atoms with Crippen LogP contribution >= 0.6 is 22.9 Å². The Balaban J connectivity index is 1.63. The van der Waals surface area contributed by atoms with Gasteiger partial charge in [-0.25, -0.2) is 4.98 Å². The molecule has 0 radical (unpaired) electrons. The van der Waals surface area contributed by atoms with Crippen molar-refractivity contribution in [3.8, 4) is 11.1 Å². The molecule has 128 valence electrons. The van der Waals surface area contributed by atoms with Crippen molar-refractivity contribution in [3.63, 3.8) is 0 Å². The first-order chi connectivity index (χ1) is 12.8. The zero-order valence-electron chi connectivity index (χ0n) is 13.7. The van der Waals surface area contributed by atoms with Crippen molar-refractivity contribution in [2.24, 2.45) is 0 Å². The van der Waals surface area contributed by atoms with Gasteiger partial charge in [-0.2, -0.15) is 0 Å². The Hall–Kier alpha value is -2.40. The minimum atomic E-state index is -0.573. The molecule has 1 fully saturated rings. The average Bonchev–Trinajstić information content (AvgIpc) is 3.08. The van der Waals surface area contributed by atoms with E-state index in [0.717, 1.165) is 10.4 Å². The lowest BCUT2D eigenvalue weighted by molar-refractivity contribution is 0.306. The van der Waals surface area contributed by atoms with Crippen LogP contribution in [0.3, 0.4) is 0 Å². The number of halogens is 1. The van der Waals surface area contributed by atoms with Crippen LogP contribution in [0.25, 0.3) is 11.1 Å². The first-order valence-electron chi connectivity index (χ1n) is 8.34. The highest BCUT2D eigenvalue weighted by atomic mass is 35.5. The molecule has 0 saturated carbocycles. The number of benzene rings is 2. The molecule has 0 aliphatic carbocycles. The van der Waals surface area contributed by atoms with Gasteiger partial charge >= 0.3 is 0 Å². The monoisotopic (exact) mass is 378 g/mol. The molecule has 26 heavy (non-hydrogen) atoms. The summed E-state index contributed by atoms with van der Waals surface area (Å²) in [5, 5.41) is 2.89. The molecule has 0 bridgehead atoms. The Kier molecular flexibility index (Phi) is 3.71. The zero-order chi connectivity index (χ0) is 17.6. The normalized spacial score (nSPS) is 21.7. The van der Waals surface area contributed by atoms with E-state index in [0.29, 0.717) is 5.02 Å². The van der Waals surface area contributed by atoms with Gasteiger partial charge in [0.25, 0.3) is 0 Å². The smallest absolute Gasteiger partial charge is 0.176 e. The highest BCUT2D eigenvalue weighted by molar-refractivity contribution is 7.10. The summed E-state index contributed by atoms with van der Waals surface area (Å²) >= 11 is 8.25. The maximum atomic E-state index is 6.55. The molecule has 2 aromatic carbocycles. The van der Waals surface area contributed by atoms with Gasteiger partial charge in [0, 0.05) is 27.9 Å². The van der Waals surface area contributed by atoms with Crippen molar-refractivity contribution in [1.82, 2.24) is 9.55 Å². The van der Waals surface area contributed by atoms with E-state index in [1.165, 1.54) is 11.1 Å². The van der Waals surface area contributed by atoms with E-state index in [9.17, 15) is 0 Å². The number of thiophene rings is 1. The standard InChI is InChI=1S/C21H15ClN2OS/c22-18-9-5-4-8-17(18)21(20(25-21)24-11-10-23-14-24)19-12-16(13-26-19)15-6-2-1-3-7-15/h1-14,20H. The molecule has 2 atom stereocenters. The van der Waals surface area contributed by atoms with E-state index in [2.05, 4.69) is 40.7 Å². The van der Waals surface area contributed by atoms with Crippen molar-refractivity contribution < 1.29 is 4.74 Å². The summed E-state index contributed by atoms with van der Waals surface area (Å²) in [4.78, 5) is 5.31. The highest BCUT2D eigenvalue weighted by Crippen LogP contribution is 2.61. The molecule has 2 aromatic heterocycles. The molecule has 0 spiro atoms. The van der Waals surface area contributed by atoms with E-state index in [4.69, 9.17) is 16.3 Å². The summed E-state index contributed by atoms with van der Waals surface area (Å²) in [6.45, 7) is 0. The maximum absolute atomic E-state index is 6.55. The lowest BCUT2D eigenvalue weighted by atomic mass is 9.95. The first kappa shape index (κ1) is 15.8. The summed E-state index contributed by atoms with van der Waals surface area (Å²) in [7, 11) is 0. The predicted molar refractivity (Wildman–Crippen MR) is 104 cm³/mol. The average molecular weight is 379 g/mol. The first-order valence-corrected chi connectivity index (χ1v) is 9.59. The SMILES string of the molecule is Clc1ccccc1C1(c2cc(-c3ccccc3)cs2)OC1n1ccnc1. The molecule has 3 heterocycles. The van der Waals surface area contributed by atoms with E-state index in [-0.39, 0.29) is 6.23 Å². The molecule has 5 heteroatoms. The van der Waals surface area contributed by atoms with Gasteiger partial charge < -0.3 is 9.30 Å². The van der Waals surface area contributed by atoms with Crippen molar-refractivity contribution in [1.29, 1.82) is 0 Å². The number of aromatic nitrogens is 2. The number of ether oxygens (including phenoxy) is 1. The summed E-state index contributed by atoms with van der Waals surface area (Å²) in [6, 6.07) is 20.5.